The summed E-state index contributed by atoms with van der Waals surface area (Å²) in [6, 6.07) is 17.9. The lowest BCUT2D eigenvalue weighted by Crippen LogP contribution is -2.22. The zero-order valence-corrected chi connectivity index (χ0v) is 19.7. The van der Waals surface area contributed by atoms with Gasteiger partial charge in [-0.25, -0.2) is 9.37 Å². The number of nitrogens with one attached hydrogen (secondary N) is 2. The molecule has 0 radical (unpaired) electrons. The quantitative estimate of drug-likeness (QED) is 0.369. The van der Waals surface area contributed by atoms with Gasteiger partial charge >= 0.3 is 0 Å². The predicted molar refractivity (Wildman–Crippen MR) is 136 cm³/mol. The topological polar surface area (TPSA) is 76.0 Å². The summed E-state index contributed by atoms with van der Waals surface area (Å²) in [6.45, 7) is 1.96. The third-order valence-electron chi connectivity index (χ3n) is 5.79. The summed E-state index contributed by atoms with van der Waals surface area (Å²) < 4.78 is 15.4. The molecule has 0 unspecified atom stereocenters. The molecular weight excluding hydrogens is 443 g/mol. The van der Waals surface area contributed by atoms with E-state index in [2.05, 4.69) is 15.6 Å². The zero-order chi connectivity index (χ0) is 24.8. The van der Waals surface area contributed by atoms with Crippen LogP contribution in [0.15, 0.2) is 72.9 Å². The average molecular weight is 471 g/mol. The van der Waals surface area contributed by atoms with Gasteiger partial charge in [0.15, 0.2) is 0 Å². The Labute approximate surface area is 203 Å². The Kier molecular flexibility index (Phi) is 7.35. The molecule has 0 aliphatic rings. The van der Waals surface area contributed by atoms with Crippen LogP contribution < -0.4 is 10.6 Å². The van der Waals surface area contributed by atoms with Crippen molar-refractivity contribution in [3.05, 3.63) is 101 Å². The molecule has 0 saturated heterocycles. The van der Waals surface area contributed by atoms with Gasteiger partial charge in [0.2, 0.25) is 11.8 Å². The first-order valence-electron chi connectivity index (χ1n) is 11.4. The Morgan fingerprint density at radius 1 is 1.09 bits per heavy atom. The minimum Gasteiger partial charge on any atom is -0.356 e. The highest BCUT2D eigenvalue weighted by Crippen LogP contribution is 2.29. The second-order valence-corrected chi connectivity index (χ2v) is 8.35. The Balaban J connectivity index is 1.64. The van der Waals surface area contributed by atoms with E-state index in [9.17, 15) is 14.0 Å². The first-order chi connectivity index (χ1) is 16.9. The van der Waals surface area contributed by atoms with Crippen LogP contribution >= 0.6 is 0 Å². The van der Waals surface area contributed by atoms with E-state index in [4.69, 9.17) is 0 Å². The van der Waals surface area contributed by atoms with Crippen LogP contribution in [0.25, 0.3) is 17.1 Å². The molecule has 2 amide bonds. The first kappa shape index (κ1) is 23.9. The minimum absolute atomic E-state index is 0.0957. The van der Waals surface area contributed by atoms with Gasteiger partial charge in [-0.3, -0.25) is 9.59 Å². The van der Waals surface area contributed by atoms with Gasteiger partial charge in [-0.2, -0.15) is 0 Å². The maximum absolute atomic E-state index is 13.4. The van der Waals surface area contributed by atoms with Crippen LogP contribution in [0.5, 0.6) is 0 Å². The molecule has 0 aliphatic heterocycles. The van der Waals surface area contributed by atoms with Gasteiger partial charge in [0, 0.05) is 44.1 Å². The van der Waals surface area contributed by atoms with E-state index >= 15 is 0 Å². The fourth-order valence-corrected chi connectivity index (χ4v) is 4.08. The third kappa shape index (κ3) is 6.00. The van der Waals surface area contributed by atoms with E-state index in [0.29, 0.717) is 25.1 Å². The molecule has 2 N–H and O–H groups in total. The van der Waals surface area contributed by atoms with Crippen LogP contribution in [0.1, 0.15) is 29.3 Å². The number of aromatic nitrogens is 2. The lowest BCUT2D eigenvalue weighted by atomic mass is 10.0. The molecule has 6 nitrogen and oxygen atoms in total. The summed E-state index contributed by atoms with van der Waals surface area (Å²) in [4.78, 5) is 28.5. The van der Waals surface area contributed by atoms with Crippen LogP contribution in [-0.2, 0) is 29.5 Å². The van der Waals surface area contributed by atoms with E-state index in [1.54, 1.807) is 24.4 Å². The number of nitrogens with zero attached hydrogens (tertiary/aromatic N) is 2. The summed E-state index contributed by atoms with van der Waals surface area (Å²) in [6.07, 6.45) is 6.06. The molecule has 35 heavy (non-hydrogen) atoms. The molecule has 0 atom stereocenters. The molecule has 2 aromatic heterocycles. The molecular formula is C28H27FN4O2. The van der Waals surface area contributed by atoms with Gasteiger partial charge < -0.3 is 15.2 Å². The fraction of sp³-hybridized carbons (Fsp3) is 0.179. The molecule has 178 valence electrons. The highest BCUT2D eigenvalue weighted by atomic mass is 19.1. The number of hydrogen-bond acceptors (Lipinski definition) is 3. The van der Waals surface area contributed by atoms with E-state index in [1.165, 1.54) is 25.1 Å². The van der Waals surface area contributed by atoms with E-state index in [1.807, 2.05) is 48.0 Å². The van der Waals surface area contributed by atoms with E-state index < -0.39 is 0 Å². The minimum atomic E-state index is -0.278. The van der Waals surface area contributed by atoms with Crippen molar-refractivity contribution < 1.29 is 14.0 Å². The Bertz CT molecular complexity index is 1380. The zero-order valence-electron chi connectivity index (χ0n) is 19.7. The lowest BCUT2D eigenvalue weighted by molar-refractivity contribution is -0.119. The van der Waals surface area contributed by atoms with Crippen LogP contribution in [0.4, 0.5) is 10.1 Å². The molecule has 0 fully saturated rings. The number of benzene rings is 2. The molecule has 7 heteroatoms. The van der Waals surface area contributed by atoms with Crippen LogP contribution in [0.2, 0.25) is 0 Å². The number of amides is 2. The van der Waals surface area contributed by atoms with Crippen molar-refractivity contribution in [3.63, 3.8) is 0 Å². The van der Waals surface area contributed by atoms with E-state index in [-0.39, 0.29) is 17.6 Å². The molecule has 4 rings (SSSR count). The molecule has 2 aromatic carbocycles. The third-order valence-corrected chi connectivity index (χ3v) is 5.79. The summed E-state index contributed by atoms with van der Waals surface area (Å²) in [5, 5.41) is 6.63. The summed E-state index contributed by atoms with van der Waals surface area (Å²) in [5.74, 6) is -0.626. The smallest absolute Gasteiger partial charge is 0.248 e. The average Bonchev–Trinajstić information content (AvgIpc) is 3.10. The maximum Gasteiger partial charge on any atom is 0.248 e. The second-order valence-electron chi connectivity index (χ2n) is 8.35. The second kappa shape index (κ2) is 10.8. The lowest BCUT2D eigenvalue weighted by Gasteiger charge is -2.09. The molecule has 2 heterocycles. The summed E-state index contributed by atoms with van der Waals surface area (Å²) in [5.41, 5.74) is 5.32. The molecule has 0 spiro atoms. The molecule has 0 aliphatic carbocycles. The predicted octanol–water partition coefficient (Wildman–Crippen LogP) is 4.63. The van der Waals surface area contributed by atoms with Crippen molar-refractivity contribution >= 4 is 34.6 Å². The number of carbonyl (C=O) groups excluding carboxylic acids is 2. The Hall–Kier alpha value is -4.26. The number of fused-ring (bicyclic) bond motifs is 1. The molecule has 0 bridgehead atoms. The van der Waals surface area contributed by atoms with Gasteiger partial charge in [0.05, 0.1) is 11.9 Å². The van der Waals surface area contributed by atoms with Crippen molar-refractivity contribution in [3.8, 4) is 0 Å². The van der Waals surface area contributed by atoms with Crippen molar-refractivity contribution in [2.24, 2.45) is 7.05 Å². The number of pyridine rings is 1. The largest absolute Gasteiger partial charge is 0.356 e. The number of hydrogen-bond donors (Lipinski definition) is 2. The fourth-order valence-electron chi connectivity index (χ4n) is 4.08. The Morgan fingerprint density at radius 3 is 2.54 bits per heavy atom. The summed E-state index contributed by atoms with van der Waals surface area (Å²) in [7, 11) is 1.94. The number of carbonyl (C=O) groups is 2. The van der Waals surface area contributed by atoms with Gasteiger partial charge in [0.25, 0.3) is 0 Å². The highest BCUT2D eigenvalue weighted by Gasteiger charge is 2.17. The van der Waals surface area contributed by atoms with Gasteiger partial charge in [0.1, 0.15) is 11.5 Å². The van der Waals surface area contributed by atoms with Crippen LogP contribution in [0.3, 0.4) is 0 Å². The highest BCUT2D eigenvalue weighted by molar-refractivity contribution is 6.02. The standard InChI is InChI=1S/C28H27FN4O2/c1-19(34)30-15-14-24-25-17-23(32-27(35)13-10-20-6-4-3-5-7-20)18-31-28(25)33(2)26(24)16-21-8-11-22(29)12-9-21/h3-13,17-18H,14-16H2,1-2H3,(H,30,34)(H,32,35). The number of anilines is 1. The van der Waals surface area contributed by atoms with Crippen LogP contribution in [-0.4, -0.2) is 27.9 Å². The van der Waals surface area contributed by atoms with Gasteiger partial charge in [-0.15, -0.1) is 0 Å². The number of aryl methyl sites for hydroxylation is 1. The van der Waals surface area contributed by atoms with E-state index in [0.717, 1.165) is 33.4 Å². The van der Waals surface area contributed by atoms with Crippen molar-refractivity contribution in [2.75, 3.05) is 11.9 Å². The van der Waals surface area contributed by atoms with Crippen molar-refractivity contribution in [2.45, 2.75) is 19.8 Å². The van der Waals surface area contributed by atoms with Gasteiger partial charge in [-0.1, -0.05) is 42.5 Å². The van der Waals surface area contributed by atoms with Gasteiger partial charge in [-0.05, 0) is 47.4 Å². The van der Waals surface area contributed by atoms with Crippen molar-refractivity contribution in [1.82, 2.24) is 14.9 Å². The van der Waals surface area contributed by atoms with Crippen LogP contribution in [0, 0.1) is 5.82 Å². The Morgan fingerprint density at radius 2 is 1.83 bits per heavy atom. The molecule has 0 saturated carbocycles. The maximum atomic E-state index is 13.4. The monoisotopic (exact) mass is 470 g/mol. The number of halogens is 1. The molecule has 4 aromatic rings. The normalized spacial score (nSPS) is 11.2. The van der Waals surface area contributed by atoms with Crippen molar-refractivity contribution in [1.29, 1.82) is 0 Å². The number of rotatable bonds is 8. The SMILES string of the molecule is CC(=O)NCCc1c(Cc2ccc(F)cc2)n(C)c2ncc(NC(=O)C=Cc3ccccc3)cc12. The first-order valence-corrected chi connectivity index (χ1v) is 11.4. The summed E-state index contributed by atoms with van der Waals surface area (Å²) >= 11 is 0.